The van der Waals surface area contributed by atoms with Crippen molar-refractivity contribution >= 4 is 17.2 Å². The topological polar surface area (TPSA) is 81.3 Å². The van der Waals surface area contributed by atoms with E-state index < -0.39 is 11.4 Å². The number of halogens is 1. The van der Waals surface area contributed by atoms with Gasteiger partial charge in [-0.05, 0) is 55.3 Å². The molecule has 0 radical (unpaired) electrons. The molecule has 4 aromatic rings. The zero-order valence-corrected chi connectivity index (χ0v) is 16.6. The molecule has 2 aromatic heterocycles. The maximum absolute atomic E-state index is 13.5. The van der Waals surface area contributed by atoms with Crippen molar-refractivity contribution in [3.63, 3.8) is 0 Å². The van der Waals surface area contributed by atoms with Crippen molar-refractivity contribution in [3.05, 3.63) is 88.0 Å². The molecule has 0 aliphatic heterocycles. The van der Waals surface area contributed by atoms with E-state index in [9.17, 15) is 14.0 Å². The monoisotopic (exact) mass is 405 g/mol. The molecule has 1 amide bonds. The van der Waals surface area contributed by atoms with Gasteiger partial charge in [-0.15, -0.1) is 10.2 Å². The molecule has 152 valence electrons. The molecule has 30 heavy (non-hydrogen) atoms. The van der Waals surface area contributed by atoms with Crippen molar-refractivity contribution in [2.24, 2.45) is 0 Å². The zero-order chi connectivity index (χ0) is 21.3. The van der Waals surface area contributed by atoms with Gasteiger partial charge in [0.2, 0.25) is 11.6 Å². The van der Waals surface area contributed by atoms with Gasteiger partial charge in [0.1, 0.15) is 11.6 Å². The highest BCUT2D eigenvalue weighted by Gasteiger charge is 2.13. The summed E-state index contributed by atoms with van der Waals surface area (Å²) in [6.07, 6.45) is 3.69. The molecule has 1 N–H and O–H groups in total. The van der Waals surface area contributed by atoms with Crippen molar-refractivity contribution in [1.29, 1.82) is 0 Å². The highest BCUT2D eigenvalue weighted by Crippen LogP contribution is 2.14. The van der Waals surface area contributed by atoms with Gasteiger partial charge in [-0.1, -0.05) is 12.1 Å². The SMILES string of the molecule is Cc1cc(C)cc(NC(=O)CCc2nnc3c(=O)n(-c4cccc(F)c4)ccn23)c1. The third kappa shape index (κ3) is 3.98. The van der Waals surface area contributed by atoms with E-state index >= 15 is 0 Å². The molecule has 0 aliphatic carbocycles. The second-order valence-electron chi connectivity index (χ2n) is 7.19. The Hall–Kier alpha value is -3.81. The molecule has 0 saturated heterocycles. The van der Waals surface area contributed by atoms with E-state index in [4.69, 9.17) is 0 Å². The first-order valence-electron chi connectivity index (χ1n) is 9.50. The van der Waals surface area contributed by atoms with E-state index in [2.05, 4.69) is 15.5 Å². The van der Waals surface area contributed by atoms with Crippen LogP contribution in [0.2, 0.25) is 0 Å². The average Bonchev–Trinajstić information content (AvgIpc) is 3.10. The third-order valence-electron chi connectivity index (χ3n) is 4.71. The number of aromatic nitrogens is 4. The number of rotatable bonds is 5. The van der Waals surface area contributed by atoms with Crippen LogP contribution in [-0.2, 0) is 11.2 Å². The van der Waals surface area contributed by atoms with Gasteiger partial charge in [0.25, 0.3) is 0 Å². The molecule has 0 atom stereocenters. The molecule has 2 heterocycles. The normalized spacial score (nSPS) is 11.0. The summed E-state index contributed by atoms with van der Waals surface area (Å²) in [6, 6.07) is 11.6. The van der Waals surface area contributed by atoms with Crippen LogP contribution in [0.1, 0.15) is 23.4 Å². The Morgan fingerprint density at radius 1 is 1.07 bits per heavy atom. The van der Waals surface area contributed by atoms with E-state index in [-0.39, 0.29) is 18.0 Å². The fourth-order valence-corrected chi connectivity index (χ4v) is 3.43. The lowest BCUT2D eigenvalue weighted by molar-refractivity contribution is -0.116. The number of anilines is 1. The number of hydrogen-bond acceptors (Lipinski definition) is 4. The van der Waals surface area contributed by atoms with Gasteiger partial charge in [-0.25, -0.2) is 4.39 Å². The standard InChI is InChI=1S/C22H20FN5O2/c1-14-10-15(2)12-17(11-14)24-20(29)7-6-19-25-26-21-22(30)27(8-9-28(19)21)18-5-3-4-16(23)13-18/h3-5,8-13H,6-7H2,1-2H3,(H,24,29). The third-order valence-corrected chi connectivity index (χ3v) is 4.71. The number of aryl methyl sites for hydroxylation is 3. The lowest BCUT2D eigenvalue weighted by atomic mass is 10.1. The molecule has 7 nitrogen and oxygen atoms in total. The number of nitrogens with one attached hydrogen (secondary N) is 1. The largest absolute Gasteiger partial charge is 0.326 e. The number of fused-ring (bicyclic) bond motifs is 1. The minimum absolute atomic E-state index is 0.117. The number of carbonyl (C=O) groups is 1. The molecule has 4 rings (SSSR count). The summed E-state index contributed by atoms with van der Waals surface area (Å²) in [5.41, 5.74) is 3.00. The Balaban J connectivity index is 1.52. The number of nitrogens with zero attached hydrogens (tertiary/aromatic N) is 4. The lowest BCUT2D eigenvalue weighted by Crippen LogP contribution is -2.20. The fourth-order valence-electron chi connectivity index (χ4n) is 3.43. The molecule has 0 aliphatic rings. The van der Waals surface area contributed by atoms with E-state index in [1.807, 2.05) is 32.0 Å². The van der Waals surface area contributed by atoms with Crippen LogP contribution < -0.4 is 10.9 Å². The van der Waals surface area contributed by atoms with Crippen molar-refractivity contribution in [3.8, 4) is 5.69 Å². The Kier molecular flexibility index (Phi) is 5.14. The van der Waals surface area contributed by atoms with Gasteiger partial charge in [-0.3, -0.25) is 18.6 Å². The molecular weight excluding hydrogens is 385 g/mol. The molecule has 8 heteroatoms. The van der Waals surface area contributed by atoms with Crippen LogP contribution in [0.5, 0.6) is 0 Å². The second kappa shape index (κ2) is 7.90. The molecule has 2 aromatic carbocycles. The van der Waals surface area contributed by atoms with Crippen molar-refractivity contribution in [1.82, 2.24) is 19.2 Å². The number of hydrogen-bond donors (Lipinski definition) is 1. The second-order valence-corrected chi connectivity index (χ2v) is 7.19. The summed E-state index contributed by atoms with van der Waals surface area (Å²) in [5.74, 6) is -0.0786. The van der Waals surface area contributed by atoms with Crippen LogP contribution in [0.15, 0.2) is 59.7 Å². The maximum Gasteiger partial charge on any atom is 0.300 e. The molecule has 0 spiro atoms. The summed E-state index contributed by atoms with van der Waals surface area (Å²) in [7, 11) is 0. The Labute approximate surface area is 171 Å². The van der Waals surface area contributed by atoms with Crippen LogP contribution in [0.3, 0.4) is 0 Å². The van der Waals surface area contributed by atoms with Gasteiger partial charge in [0.15, 0.2) is 0 Å². The predicted molar refractivity (Wildman–Crippen MR) is 111 cm³/mol. The minimum Gasteiger partial charge on any atom is -0.326 e. The van der Waals surface area contributed by atoms with Crippen LogP contribution in [0.25, 0.3) is 11.3 Å². The summed E-state index contributed by atoms with van der Waals surface area (Å²) >= 11 is 0. The zero-order valence-electron chi connectivity index (χ0n) is 16.6. The quantitative estimate of drug-likeness (QED) is 0.553. The Morgan fingerprint density at radius 2 is 1.83 bits per heavy atom. The van der Waals surface area contributed by atoms with Crippen molar-refractivity contribution in [2.45, 2.75) is 26.7 Å². The van der Waals surface area contributed by atoms with E-state index in [1.54, 1.807) is 16.7 Å². The maximum atomic E-state index is 13.5. The molecule has 0 bridgehead atoms. The first kappa shape index (κ1) is 19.5. The lowest BCUT2D eigenvalue weighted by Gasteiger charge is -2.08. The summed E-state index contributed by atoms with van der Waals surface area (Å²) in [4.78, 5) is 25.1. The highest BCUT2D eigenvalue weighted by atomic mass is 19.1. The molecule has 0 unspecified atom stereocenters. The highest BCUT2D eigenvalue weighted by molar-refractivity contribution is 5.91. The van der Waals surface area contributed by atoms with Crippen LogP contribution in [0.4, 0.5) is 10.1 Å². The van der Waals surface area contributed by atoms with Gasteiger partial charge in [0, 0.05) is 30.9 Å². The smallest absolute Gasteiger partial charge is 0.300 e. The van der Waals surface area contributed by atoms with E-state index in [0.717, 1.165) is 16.8 Å². The van der Waals surface area contributed by atoms with Crippen LogP contribution in [0, 0.1) is 19.7 Å². The van der Waals surface area contributed by atoms with Crippen LogP contribution in [-0.4, -0.2) is 25.1 Å². The number of amides is 1. The molecular formula is C22H20FN5O2. The minimum atomic E-state index is -0.434. The van der Waals surface area contributed by atoms with Gasteiger partial charge < -0.3 is 5.32 Å². The van der Waals surface area contributed by atoms with E-state index in [0.29, 0.717) is 17.9 Å². The Bertz CT molecular complexity index is 1290. The van der Waals surface area contributed by atoms with Crippen molar-refractivity contribution < 1.29 is 9.18 Å². The molecule has 0 fully saturated rings. The Morgan fingerprint density at radius 3 is 2.57 bits per heavy atom. The van der Waals surface area contributed by atoms with Crippen LogP contribution >= 0.6 is 0 Å². The summed E-state index contributed by atoms with van der Waals surface area (Å²) in [5, 5.41) is 10.9. The summed E-state index contributed by atoms with van der Waals surface area (Å²) in [6.45, 7) is 3.95. The predicted octanol–water partition coefficient (Wildman–Crippen LogP) is 3.21. The van der Waals surface area contributed by atoms with Crippen molar-refractivity contribution in [2.75, 3.05) is 5.32 Å². The molecule has 0 saturated carbocycles. The number of carbonyl (C=O) groups excluding carboxylic acids is 1. The number of benzene rings is 2. The first-order chi connectivity index (χ1) is 14.4. The first-order valence-corrected chi connectivity index (χ1v) is 9.50. The van der Waals surface area contributed by atoms with E-state index in [1.165, 1.54) is 29.0 Å². The van der Waals surface area contributed by atoms with Gasteiger partial charge in [0.05, 0.1) is 5.69 Å². The van der Waals surface area contributed by atoms with Gasteiger partial charge >= 0.3 is 5.56 Å². The van der Waals surface area contributed by atoms with Gasteiger partial charge in [-0.2, -0.15) is 0 Å². The fraction of sp³-hybridized carbons (Fsp3) is 0.182. The average molecular weight is 405 g/mol. The summed E-state index contributed by atoms with van der Waals surface area (Å²) < 4.78 is 16.4.